The molecule has 0 bridgehead atoms. The van der Waals surface area contributed by atoms with Gasteiger partial charge in [0.2, 0.25) is 0 Å². The van der Waals surface area contributed by atoms with Crippen LogP contribution in [0.2, 0.25) is 5.02 Å². The van der Waals surface area contributed by atoms with Crippen LogP contribution in [0.5, 0.6) is 0 Å². The number of anilines is 2. The molecule has 3 aromatic rings. The van der Waals surface area contributed by atoms with Gasteiger partial charge in [0.05, 0.1) is 5.69 Å². The number of halogens is 1. The molecule has 1 N–H and O–H groups in total. The summed E-state index contributed by atoms with van der Waals surface area (Å²) in [6, 6.07) is 16.2. The molecule has 0 aliphatic heterocycles. The number of benzene rings is 2. The molecule has 1 heterocycles. The second-order valence-corrected chi connectivity index (χ2v) is 6.02. The Balaban J connectivity index is 1.79. The van der Waals surface area contributed by atoms with Crippen molar-refractivity contribution in [3.63, 3.8) is 0 Å². The zero-order chi connectivity index (χ0) is 14.7. The molecule has 0 spiro atoms. The molecule has 21 heavy (non-hydrogen) atoms. The largest absolute Gasteiger partial charge is 0.331 e. The van der Waals surface area contributed by atoms with Crippen LogP contribution in [0.15, 0.2) is 53.9 Å². The molecule has 0 aliphatic rings. The van der Waals surface area contributed by atoms with Gasteiger partial charge in [-0.25, -0.2) is 4.98 Å². The van der Waals surface area contributed by atoms with Crippen LogP contribution in [-0.2, 0) is 6.42 Å². The van der Waals surface area contributed by atoms with Crippen molar-refractivity contribution in [1.82, 2.24) is 4.98 Å². The maximum atomic E-state index is 5.98. The second kappa shape index (κ2) is 6.29. The molecule has 0 atom stereocenters. The van der Waals surface area contributed by atoms with E-state index in [0.717, 1.165) is 28.5 Å². The molecule has 2 nitrogen and oxygen atoms in total. The maximum Gasteiger partial charge on any atom is 0.187 e. The van der Waals surface area contributed by atoms with Crippen LogP contribution in [0.25, 0.3) is 11.3 Å². The third-order valence-corrected chi connectivity index (χ3v) is 4.23. The molecule has 2 aromatic carbocycles. The molecule has 0 amide bonds. The molecule has 0 fully saturated rings. The molecule has 1 aromatic heterocycles. The molecule has 4 heteroatoms. The first-order valence-electron chi connectivity index (χ1n) is 6.82. The van der Waals surface area contributed by atoms with Crippen LogP contribution in [0.3, 0.4) is 0 Å². The van der Waals surface area contributed by atoms with Gasteiger partial charge in [-0.1, -0.05) is 48.9 Å². The summed E-state index contributed by atoms with van der Waals surface area (Å²) < 4.78 is 0. The Morgan fingerprint density at radius 2 is 1.95 bits per heavy atom. The van der Waals surface area contributed by atoms with Crippen LogP contribution in [0.1, 0.15) is 12.5 Å². The smallest absolute Gasteiger partial charge is 0.187 e. The molecule has 0 saturated carbocycles. The van der Waals surface area contributed by atoms with Crippen molar-refractivity contribution >= 4 is 33.8 Å². The molecule has 3 rings (SSSR count). The Morgan fingerprint density at radius 3 is 2.67 bits per heavy atom. The van der Waals surface area contributed by atoms with E-state index < -0.39 is 0 Å². The highest BCUT2D eigenvalue weighted by atomic mass is 35.5. The molecule has 0 unspecified atom stereocenters. The van der Waals surface area contributed by atoms with Gasteiger partial charge < -0.3 is 5.32 Å². The lowest BCUT2D eigenvalue weighted by Gasteiger charge is -2.02. The van der Waals surface area contributed by atoms with E-state index in [4.69, 9.17) is 11.6 Å². The average Bonchev–Trinajstić information content (AvgIpc) is 2.96. The summed E-state index contributed by atoms with van der Waals surface area (Å²) in [5, 5.41) is 6.93. The number of rotatable bonds is 4. The fourth-order valence-electron chi connectivity index (χ4n) is 2.06. The zero-order valence-electron chi connectivity index (χ0n) is 11.6. The van der Waals surface area contributed by atoms with Crippen molar-refractivity contribution in [3.05, 3.63) is 64.5 Å². The Labute approximate surface area is 133 Å². The highest BCUT2D eigenvalue weighted by Gasteiger charge is 2.05. The zero-order valence-corrected chi connectivity index (χ0v) is 13.2. The lowest BCUT2D eigenvalue weighted by molar-refractivity contribution is 1.14. The van der Waals surface area contributed by atoms with E-state index in [-0.39, 0.29) is 0 Å². The van der Waals surface area contributed by atoms with Crippen molar-refractivity contribution in [2.24, 2.45) is 0 Å². The number of nitrogens with zero attached hydrogens (tertiary/aromatic N) is 1. The molecular weight excluding hydrogens is 300 g/mol. The van der Waals surface area contributed by atoms with Gasteiger partial charge in [0.15, 0.2) is 5.13 Å². The van der Waals surface area contributed by atoms with Crippen molar-refractivity contribution in [2.75, 3.05) is 5.32 Å². The fourth-order valence-corrected chi connectivity index (χ4v) is 2.99. The van der Waals surface area contributed by atoms with Gasteiger partial charge in [-0.2, -0.15) is 0 Å². The minimum absolute atomic E-state index is 0.715. The first-order valence-corrected chi connectivity index (χ1v) is 8.08. The topological polar surface area (TPSA) is 24.9 Å². The summed E-state index contributed by atoms with van der Waals surface area (Å²) in [5.41, 5.74) is 4.42. The highest BCUT2D eigenvalue weighted by Crippen LogP contribution is 2.28. The minimum atomic E-state index is 0.715. The predicted octanol–water partition coefficient (Wildman–Crippen LogP) is 5.77. The van der Waals surface area contributed by atoms with E-state index in [1.807, 2.05) is 24.3 Å². The number of aromatic nitrogens is 1. The molecule has 0 radical (unpaired) electrons. The van der Waals surface area contributed by atoms with Crippen LogP contribution >= 0.6 is 22.9 Å². The van der Waals surface area contributed by atoms with Crippen LogP contribution in [0, 0.1) is 0 Å². The number of aryl methyl sites for hydroxylation is 1. The molecule has 0 aliphatic carbocycles. The lowest BCUT2D eigenvalue weighted by Crippen LogP contribution is -1.89. The van der Waals surface area contributed by atoms with Crippen molar-refractivity contribution in [3.8, 4) is 11.3 Å². The number of hydrogen-bond donors (Lipinski definition) is 1. The average molecular weight is 315 g/mol. The first-order chi connectivity index (χ1) is 10.2. The Hall–Kier alpha value is -1.84. The standard InChI is InChI=1S/C17H15ClN2S/c1-2-12-6-8-13(9-7-12)16-11-21-17(20-16)19-15-5-3-4-14(18)10-15/h3-11H,2H2,1H3,(H,19,20). The summed E-state index contributed by atoms with van der Waals surface area (Å²) in [7, 11) is 0. The van der Waals surface area contributed by atoms with Gasteiger partial charge in [-0.05, 0) is 30.2 Å². The SMILES string of the molecule is CCc1ccc(-c2csc(Nc3cccc(Cl)c3)n2)cc1. The number of thiazole rings is 1. The van der Waals surface area contributed by atoms with Gasteiger partial charge in [0.1, 0.15) is 0 Å². The summed E-state index contributed by atoms with van der Waals surface area (Å²) in [4.78, 5) is 4.63. The first kappa shape index (κ1) is 14.1. The third kappa shape index (κ3) is 3.43. The molecule has 0 saturated heterocycles. The molecular formula is C17H15ClN2S. The highest BCUT2D eigenvalue weighted by molar-refractivity contribution is 7.14. The molecule has 106 valence electrons. The predicted molar refractivity (Wildman–Crippen MR) is 91.7 cm³/mol. The summed E-state index contributed by atoms with van der Waals surface area (Å²) in [6.07, 6.45) is 1.05. The van der Waals surface area contributed by atoms with Gasteiger partial charge in [0.25, 0.3) is 0 Å². The van der Waals surface area contributed by atoms with Crippen LogP contribution in [-0.4, -0.2) is 4.98 Å². The minimum Gasteiger partial charge on any atom is -0.331 e. The Morgan fingerprint density at radius 1 is 1.14 bits per heavy atom. The van der Waals surface area contributed by atoms with Gasteiger partial charge in [-0.15, -0.1) is 11.3 Å². The van der Waals surface area contributed by atoms with E-state index in [2.05, 4.69) is 46.9 Å². The van der Waals surface area contributed by atoms with Crippen molar-refractivity contribution < 1.29 is 0 Å². The van der Waals surface area contributed by atoms with Crippen LogP contribution in [0.4, 0.5) is 10.8 Å². The normalized spacial score (nSPS) is 10.6. The Kier molecular flexibility index (Phi) is 4.23. The van der Waals surface area contributed by atoms with Gasteiger partial charge >= 0.3 is 0 Å². The van der Waals surface area contributed by atoms with Crippen LogP contribution < -0.4 is 5.32 Å². The van der Waals surface area contributed by atoms with Gasteiger partial charge in [0, 0.05) is 21.7 Å². The Bertz CT molecular complexity index is 735. The summed E-state index contributed by atoms with van der Waals surface area (Å²) in [5.74, 6) is 0. The lowest BCUT2D eigenvalue weighted by atomic mass is 10.1. The van der Waals surface area contributed by atoms with E-state index >= 15 is 0 Å². The van der Waals surface area contributed by atoms with Crippen molar-refractivity contribution in [1.29, 1.82) is 0 Å². The monoisotopic (exact) mass is 314 g/mol. The van der Waals surface area contributed by atoms with E-state index in [0.29, 0.717) is 5.02 Å². The number of hydrogen-bond acceptors (Lipinski definition) is 3. The fraction of sp³-hybridized carbons (Fsp3) is 0.118. The van der Waals surface area contributed by atoms with Gasteiger partial charge in [-0.3, -0.25) is 0 Å². The number of nitrogens with one attached hydrogen (secondary N) is 1. The third-order valence-electron chi connectivity index (χ3n) is 3.24. The summed E-state index contributed by atoms with van der Waals surface area (Å²) in [6.45, 7) is 2.16. The second-order valence-electron chi connectivity index (χ2n) is 4.72. The summed E-state index contributed by atoms with van der Waals surface area (Å²) >= 11 is 7.57. The van der Waals surface area contributed by atoms with E-state index in [1.165, 1.54) is 5.56 Å². The van der Waals surface area contributed by atoms with Crippen molar-refractivity contribution in [2.45, 2.75) is 13.3 Å². The van der Waals surface area contributed by atoms with E-state index in [9.17, 15) is 0 Å². The van der Waals surface area contributed by atoms with E-state index in [1.54, 1.807) is 11.3 Å². The maximum absolute atomic E-state index is 5.98. The quantitative estimate of drug-likeness (QED) is 0.661.